The van der Waals surface area contributed by atoms with Crippen LogP contribution in [0.4, 0.5) is 10.2 Å². The first kappa shape index (κ1) is 28.4. The van der Waals surface area contributed by atoms with Crippen LogP contribution in [0, 0.1) is 5.82 Å². The number of aromatic nitrogens is 5. The van der Waals surface area contributed by atoms with Crippen molar-refractivity contribution in [1.29, 1.82) is 0 Å². The molecule has 0 spiro atoms. The summed E-state index contributed by atoms with van der Waals surface area (Å²) in [6, 6.07) is 14.8. The van der Waals surface area contributed by atoms with Crippen LogP contribution in [-0.2, 0) is 6.54 Å². The number of nitrogens with zero attached hydrogens (tertiary/aromatic N) is 7. The van der Waals surface area contributed by atoms with Gasteiger partial charge < -0.3 is 15.0 Å². The Balaban J connectivity index is 1.10. The van der Waals surface area contributed by atoms with Crippen molar-refractivity contribution in [1.82, 2.24) is 34.9 Å². The van der Waals surface area contributed by atoms with E-state index in [-0.39, 0.29) is 22.8 Å². The minimum Gasteiger partial charge on any atom is -0.461 e. The minimum atomic E-state index is -0.489. The number of fused-ring (bicyclic) bond motifs is 5. The molecule has 0 saturated carbocycles. The number of hydrogen-bond acceptors (Lipinski definition) is 8. The molecule has 4 atom stereocenters. The zero-order chi connectivity index (χ0) is 30.8. The van der Waals surface area contributed by atoms with Gasteiger partial charge in [0, 0.05) is 65.8 Å². The summed E-state index contributed by atoms with van der Waals surface area (Å²) in [7, 11) is 0. The molecule has 236 valence electrons. The van der Waals surface area contributed by atoms with E-state index in [1.165, 1.54) is 0 Å². The Hall–Kier alpha value is -3.86. The third kappa shape index (κ3) is 4.72. The summed E-state index contributed by atoms with van der Waals surface area (Å²) < 4.78 is 25.4. The zero-order valence-electron chi connectivity index (χ0n) is 25.6. The molecule has 9 rings (SSSR count). The van der Waals surface area contributed by atoms with Crippen LogP contribution >= 0.6 is 11.6 Å². The molecular weight excluding hydrogens is 603 g/mol. The fourth-order valence-corrected chi connectivity index (χ4v) is 8.89. The lowest BCUT2D eigenvalue weighted by Crippen LogP contribution is -2.51. The highest BCUT2D eigenvalue weighted by molar-refractivity contribution is 6.36. The Kier molecular flexibility index (Phi) is 6.87. The molecule has 11 heteroatoms. The number of benzene rings is 2. The van der Waals surface area contributed by atoms with Crippen LogP contribution in [0.3, 0.4) is 0 Å². The SMILES string of the molecule is Fc1c(-c2cccc3cccc(Cl)c23)ncc2c(N3CC4CCC(C3)N4)nc(OC[C@]34CCCN3[C@@H](Cn3cccn3)CC4)nc12. The first-order chi connectivity index (χ1) is 22.5. The van der Waals surface area contributed by atoms with Crippen molar-refractivity contribution in [2.24, 2.45) is 0 Å². The normalized spacial score (nSPS) is 26.0. The first-order valence-electron chi connectivity index (χ1n) is 16.5. The smallest absolute Gasteiger partial charge is 0.319 e. The Morgan fingerprint density at radius 1 is 1.02 bits per heavy atom. The van der Waals surface area contributed by atoms with Crippen LogP contribution in [0.15, 0.2) is 61.1 Å². The minimum absolute atomic E-state index is 0.0773. The highest BCUT2D eigenvalue weighted by atomic mass is 35.5. The molecule has 9 nitrogen and oxygen atoms in total. The maximum absolute atomic E-state index is 16.8. The second-order valence-corrected chi connectivity index (χ2v) is 13.8. The van der Waals surface area contributed by atoms with E-state index in [9.17, 15) is 0 Å². The highest BCUT2D eigenvalue weighted by Gasteiger charge is 2.50. The van der Waals surface area contributed by atoms with E-state index in [2.05, 4.69) is 25.2 Å². The number of ether oxygens (including phenoxy) is 1. The van der Waals surface area contributed by atoms with Crippen LogP contribution < -0.4 is 15.0 Å². The van der Waals surface area contributed by atoms with Crippen LogP contribution in [0.1, 0.15) is 38.5 Å². The van der Waals surface area contributed by atoms with Gasteiger partial charge in [-0.1, -0.05) is 41.9 Å². The summed E-state index contributed by atoms with van der Waals surface area (Å²) in [6.07, 6.45) is 12.2. The fraction of sp³-hybridized carbons (Fsp3) is 0.429. The molecule has 4 saturated heterocycles. The largest absolute Gasteiger partial charge is 0.461 e. The number of piperazine rings is 1. The Bertz CT molecular complexity index is 1920. The van der Waals surface area contributed by atoms with Gasteiger partial charge in [-0.05, 0) is 62.6 Å². The molecule has 3 aromatic heterocycles. The van der Waals surface area contributed by atoms with Gasteiger partial charge in [0.2, 0.25) is 0 Å². The standard InChI is InChI=1S/C35H36ClFN8O/c36-28-8-2-6-22-5-1-7-26(29(22)28)31-30(37)32-27(17-38-31)33(43-18-23-9-10-24(19-43)40-23)42-34(41-32)46-21-35-12-3-16-45(35)25(11-13-35)20-44-15-4-14-39-44/h1-2,4-8,14-15,17,23-25,40H,3,9-13,16,18-21H2/t23?,24?,25-,35-/m1/s1. The van der Waals surface area contributed by atoms with Gasteiger partial charge in [0.25, 0.3) is 0 Å². The van der Waals surface area contributed by atoms with Gasteiger partial charge in [0.1, 0.15) is 23.6 Å². The lowest BCUT2D eigenvalue weighted by Gasteiger charge is -2.35. The van der Waals surface area contributed by atoms with Crippen molar-refractivity contribution in [3.63, 3.8) is 0 Å². The van der Waals surface area contributed by atoms with Crippen molar-refractivity contribution in [2.75, 3.05) is 31.1 Å². The van der Waals surface area contributed by atoms with Crippen molar-refractivity contribution < 1.29 is 9.13 Å². The number of hydrogen-bond donors (Lipinski definition) is 1. The van der Waals surface area contributed by atoms with Crippen LogP contribution in [0.2, 0.25) is 5.02 Å². The Labute approximate surface area is 271 Å². The quantitative estimate of drug-likeness (QED) is 0.238. The molecule has 0 radical (unpaired) electrons. The summed E-state index contributed by atoms with van der Waals surface area (Å²) in [5.74, 6) is 0.202. The average Bonchev–Trinajstić information content (AvgIpc) is 3.87. The summed E-state index contributed by atoms with van der Waals surface area (Å²) in [5.41, 5.74) is 1.01. The molecular formula is C35H36ClFN8O. The van der Waals surface area contributed by atoms with Crippen molar-refractivity contribution in [3.05, 3.63) is 71.9 Å². The lowest BCUT2D eigenvalue weighted by molar-refractivity contribution is 0.0789. The van der Waals surface area contributed by atoms with Gasteiger partial charge in [0.15, 0.2) is 5.82 Å². The van der Waals surface area contributed by atoms with E-state index < -0.39 is 5.82 Å². The van der Waals surface area contributed by atoms with Crippen molar-refractivity contribution >= 4 is 39.1 Å². The lowest BCUT2D eigenvalue weighted by atomic mass is 9.95. The van der Waals surface area contributed by atoms with Gasteiger partial charge in [-0.25, -0.2) is 4.39 Å². The van der Waals surface area contributed by atoms with E-state index in [1.54, 1.807) is 6.20 Å². The third-order valence-electron chi connectivity index (χ3n) is 10.7. The van der Waals surface area contributed by atoms with Crippen molar-refractivity contribution in [2.45, 2.75) is 68.7 Å². The second kappa shape index (κ2) is 11.1. The molecule has 2 unspecified atom stereocenters. The fourth-order valence-electron chi connectivity index (χ4n) is 8.61. The maximum atomic E-state index is 16.8. The Morgan fingerprint density at radius 2 is 1.87 bits per heavy atom. The zero-order valence-corrected chi connectivity index (χ0v) is 26.3. The van der Waals surface area contributed by atoms with E-state index >= 15 is 4.39 Å². The number of pyridine rings is 1. The number of rotatable bonds is 7. The van der Waals surface area contributed by atoms with Gasteiger partial charge in [-0.15, -0.1) is 0 Å². The van der Waals surface area contributed by atoms with E-state index in [0.717, 1.165) is 75.5 Å². The van der Waals surface area contributed by atoms with Crippen LogP contribution in [0.5, 0.6) is 6.01 Å². The number of nitrogens with one attached hydrogen (secondary N) is 1. The number of anilines is 1. The summed E-state index contributed by atoms with van der Waals surface area (Å²) in [5, 5.41) is 11.0. The molecule has 0 amide bonds. The van der Waals surface area contributed by atoms with Crippen molar-refractivity contribution in [3.8, 4) is 17.3 Å². The van der Waals surface area contributed by atoms with Gasteiger partial charge in [-0.2, -0.15) is 15.1 Å². The second-order valence-electron chi connectivity index (χ2n) is 13.4. The molecule has 7 heterocycles. The third-order valence-corrected chi connectivity index (χ3v) is 11.0. The summed E-state index contributed by atoms with van der Waals surface area (Å²) >= 11 is 6.65. The molecule has 1 N–H and O–H groups in total. The Morgan fingerprint density at radius 3 is 2.70 bits per heavy atom. The summed E-state index contributed by atoms with van der Waals surface area (Å²) in [6.45, 7) is 3.99. The first-order valence-corrected chi connectivity index (χ1v) is 16.8. The molecule has 2 bridgehead atoms. The molecule has 5 aromatic rings. The average molecular weight is 639 g/mol. The van der Waals surface area contributed by atoms with Gasteiger partial charge in [0.05, 0.1) is 17.5 Å². The van der Waals surface area contributed by atoms with Gasteiger partial charge in [-0.3, -0.25) is 14.6 Å². The topological polar surface area (TPSA) is 84.2 Å². The molecule has 0 aliphatic carbocycles. The van der Waals surface area contributed by atoms with Crippen LogP contribution in [0.25, 0.3) is 32.9 Å². The monoisotopic (exact) mass is 638 g/mol. The molecule has 2 aromatic carbocycles. The molecule has 4 fully saturated rings. The molecule has 4 aliphatic heterocycles. The molecule has 4 aliphatic rings. The summed E-state index contributed by atoms with van der Waals surface area (Å²) in [4.78, 5) is 19.3. The van der Waals surface area contributed by atoms with E-state index in [4.69, 9.17) is 26.3 Å². The van der Waals surface area contributed by atoms with Crippen LogP contribution in [-0.4, -0.2) is 79.5 Å². The predicted octanol–water partition coefficient (Wildman–Crippen LogP) is 5.85. The molecule has 46 heavy (non-hydrogen) atoms. The highest BCUT2D eigenvalue weighted by Crippen LogP contribution is 2.44. The van der Waals surface area contributed by atoms with E-state index in [1.807, 2.05) is 59.5 Å². The number of halogens is 2. The predicted molar refractivity (Wildman–Crippen MR) is 177 cm³/mol. The van der Waals surface area contributed by atoms with Gasteiger partial charge >= 0.3 is 6.01 Å². The maximum Gasteiger partial charge on any atom is 0.319 e. The van der Waals surface area contributed by atoms with E-state index in [0.29, 0.717) is 46.5 Å².